The molecular weight excluding hydrogens is 634 g/mol. The molecule has 1 aromatic rings. The third kappa shape index (κ3) is 17.1. The normalized spacial score (nSPS) is 15.9. The van der Waals surface area contributed by atoms with Gasteiger partial charge in [0.1, 0.15) is 30.0 Å². The van der Waals surface area contributed by atoms with Gasteiger partial charge in [-0.3, -0.25) is 4.79 Å². The molecule has 14 nitrogen and oxygen atoms in total. The Morgan fingerprint density at radius 1 is 0.571 bits per heavy atom. The van der Waals surface area contributed by atoms with Gasteiger partial charge in [0, 0.05) is 52.4 Å². The van der Waals surface area contributed by atoms with Gasteiger partial charge in [-0.25, -0.2) is 19.2 Å². The van der Waals surface area contributed by atoms with Crippen molar-refractivity contribution in [2.75, 3.05) is 58.9 Å². The highest BCUT2D eigenvalue weighted by Gasteiger charge is 2.29. The van der Waals surface area contributed by atoms with Crippen molar-refractivity contribution in [1.29, 1.82) is 0 Å². The van der Waals surface area contributed by atoms with Crippen LogP contribution in [-0.2, 0) is 30.3 Å². The van der Waals surface area contributed by atoms with Gasteiger partial charge < -0.3 is 43.9 Å². The predicted molar refractivity (Wildman–Crippen MR) is 184 cm³/mol. The number of carbonyl (C=O) groups is 5. The van der Waals surface area contributed by atoms with E-state index in [0.717, 1.165) is 5.56 Å². The van der Waals surface area contributed by atoms with E-state index in [0.29, 0.717) is 12.8 Å². The minimum Gasteiger partial charge on any atom is -0.445 e. The van der Waals surface area contributed by atoms with Gasteiger partial charge in [-0.15, -0.1) is 0 Å². The van der Waals surface area contributed by atoms with Gasteiger partial charge in [0.05, 0.1) is 0 Å². The van der Waals surface area contributed by atoms with Crippen LogP contribution in [0.3, 0.4) is 0 Å². The third-order valence-corrected chi connectivity index (χ3v) is 6.90. The van der Waals surface area contributed by atoms with Gasteiger partial charge in [-0.05, 0) is 80.7 Å². The van der Waals surface area contributed by atoms with Crippen LogP contribution in [0, 0.1) is 0 Å². The van der Waals surface area contributed by atoms with Crippen LogP contribution in [0.4, 0.5) is 19.2 Å². The summed E-state index contributed by atoms with van der Waals surface area (Å²) >= 11 is 0. The Balaban J connectivity index is 2.25. The van der Waals surface area contributed by atoms with Crippen LogP contribution in [0.1, 0.15) is 80.7 Å². The molecule has 0 aliphatic carbocycles. The average Bonchev–Trinajstić information content (AvgIpc) is 2.97. The second-order valence-electron chi connectivity index (χ2n) is 14.9. The maximum absolute atomic E-state index is 13.4. The summed E-state index contributed by atoms with van der Waals surface area (Å²) in [6.45, 7) is 17.2. The lowest BCUT2D eigenvalue weighted by atomic mass is 10.2. The van der Waals surface area contributed by atoms with Crippen molar-refractivity contribution in [3.63, 3.8) is 0 Å². The maximum atomic E-state index is 13.4. The molecule has 276 valence electrons. The zero-order chi connectivity index (χ0) is 36.8. The molecule has 0 aromatic heterocycles. The lowest BCUT2D eigenvalue weighted by Gasteiger charge is -2.34. The van der Waals surface area contributed by atoms with E-state index in [1.165, 1.54) is 14.7 Å². The van der Waals surface area contributed by atoms with Crippen LogP contribution in [0.25, 0.3) is 0 Å². The first-order valence-electron chi connectivity index (χ1n) is 16.9. The lowest BCUT2D eigenvalue weighted by molar-refractivity contribution is -0.130. The first kappa shape index (κ1) is 40.9. The molecule has 0 atom stereocenters. The van der Waals surface area contributed by atoms with Crippen LogP contribution < -0.4 is 5.32 Å². The van der Waals surface area contributed by atoms with Crippen molar-refractivity contribution in [3.8, 4) is 0 Å². The second-order valence-corrected chi connectivity index (χ2v) is 14.9. The van der Waals surface area contributed by atoms with Crippen LogP contribution in [-0.4, -0.2) is 126 Å². The molecule has 14 heteroatoms. The molecule has 1 heterocycles. The van der Waals surface area contributed by atoms with E-state index >= 15 is 0 Å². The number of nitrogens with one attached hydrogen (secondary N) is 1. The molecule has 5 amide bonds. The molecule has 49 heavy (non-hydrogen) atoms. The quantitative estimate of drug-likeness (QED) is 0.419. The summed E-state index contributed by atoms with van der Waals surface area (Å²) < 4.78 is 22.2. The Labute approximate surface area is 291 Å². The molecule has 0 radical (unpaired) electrons. The fraction of sp³-hybridized carbons (Fsp3) is 0.686. The van der Waals surface area contributed by atoms with Crippen molar-refractivity contribution in [2.24, 2.45) is 0 Å². The maximum Gasteiger partial charge on any atom is 0.410 e. The monoisotopic (exact) mass is 691 g/mol. The second kappa shape index (κ2) is 18.5. The van der Waals surface area contributed by atoms with Gasteiger partial charge >= 0.3 is 24.4 Å². The highest BCUT2D eigenvalue weighted by Crippen LogP contribution is 2.15. The van der Waals surface area contributed by atoms with E-state index < -0.39 is 41.2 Å². The molecule has 1 fully saturated rings. The van der Waals surface area contributed by atoms with E-state index in [9.17, 15) is 24.0 Å². The van der Waals surface area contributed by atoms with Crippen LogP contribution in [0.15, 0.2) is 30.3 Å². The number of rotatable bonds is 4. The van der Waals surface area contributed by atoms with E-state index in [1.54, 1.807) is 67.2 Å². The smallest absolute Gasteiger partial charge is 0.410 e. The molecule has 0 saturated carbocycles. The number of hydrogen-bond donors (Lipinski definition) is 1. The van der Waals surface area contributed by atoms with E-state index in [2.05, 4.69) is 5.32 Å². The molecule has 1 aromatic carbocycles. The van der Waals surface area contributed by atoms with Crippen molar-refractivity contribution >= 4 is 30.3 Å². The standard InChI is InChI=1S/C35H57N5O9/c1-33(2,3)47-30(43)38-19-14-20-40(32(45)49-35(7,8)9)24-23-39(31(44)48-34(4,5)6)18-13-17-37(21-22-38)28(41)25-36-29(42)46-26-27-15-11-10-12-16-27/h10-12,15-16H,13-14,17-26H2,1-9H3,(H,36,42). The Kier molecular flexibility index (Phi) is 15.5. The fourth-order valence-electron chi connectivity index (χ4n) is 4.65. The fourth-order valence-corrected chi connectivity index (χ4v) is 4.65. The summed E-state index contributed by atoms with van der Waals surface area (Å²) in [5.41, 5.74) is -1.41. The Hall–Kier alpha value is -4.23. The number of benzene rings is 1. The summed E-state index contributed by atoms with van der Waals surface area (Å²) in [7, 11) is 0. The van der Waals surface area contributed by atoms with Gasteiger partial charge in [0.2, 0.25) is 5.91 Å². The first-order valence-corrected chi connectivity index (χ1v) is 16.9. The summed E-state index contributed by atoms with van der Waals surface area (Å²) in [5.74, 6) is -0.382. The van der Waals surface area contributed by atoms with Gasteiger partial charge in [-0.2, -0.15) is 0 Å². The van der Waals surface area contributed by atoms with Gasteiger partial charge in [0.25, 0.3) is 0 Å². The highest BCUT2D eigenvalue weighted by atomic mass is 16.6. The molecule has 2 rings (SSSR count). The zero-order valence-electron chi connectivity index (χ0n) is 30.8. The van der Waals surface area contributed by atoms with Crippen molar-refractivity contribution in [3.05, 3.63) is 35.9 Å². The summed E-state index contributed by atoms with van der Waals surface area (Å²) in [5, 5.41) is 2.51. The molecule has 1 aliphatic rings. The highest BCUT2D eigenvalue weighted by molar-refractivity contribution is 5.82. The minimum atomic E-state index is -0.747. The Morgan fingerprint density at radius 3 is 1.33 bits per heavy atom. The Bertz CT molecular complexity index is 1240. The van der Waals surface area contributed by atoms with Gasteiger partial charge in [-0.1, -0.05) is 30.3 Å². The van der Waals surface area contributed by atoms with Crippen molar-refractivity contribution in [2.45, 2.75) is 98.6 Å². The average molecular weight is 692 g/mol. The Morgan fingerprint density at radius 2 is 0.939 bits per heavy atom. The molecule has 1 aliphatic heterocycles. The first-order chi connectivity index (χ1) is 22.7. The topological polar surface area (TPSA) is 147 Å². The van der Waals surface area contributed by atoms with E-state index in [-0.39, 0.29) is 71.4 Å². The third-order valence-electron chi connectivity index (χ3n) is 6.90. The number of alkyl carbamates (subject to hydrolysis) is 1. The van der Waals surface area contributed by atoms with E-state index in [4.69, 9.17) is 18.9 Å². The molecule has 0 unspecified atom stereocenters. The summed E-state index contributed by atoms with van der Waals surface area (Å²) in [6.07, 6.45) is -1.61. The van der Waals surface area contributed by atoms with Crippen LogP contribution in [0.2, 0.25) is 0 Å². The van der Waals surface area contributed by atoms with Crippen LogP contribution >= 0.6 is 0 Å². The van der Waals surface area contributed by atoms with E-state index in [1.807, 2.05) is 30.3 Å². The number of carbonyl (C=O) groups excluding carboxylic acids is 5. The minimum absolute atomic E-state index is 0.0568. The molecule has 1 N–H and O–H groups in total. The molecule has 1 saturated heterocycles. The lowest BCUT2D eigenvalue weighted by Crippen LogP contribution is -2.49. The molecular formula is C35H57N5O9. The van der Waals surface area contributed by atoms with Gasteiger partial charge in [0.15, 0.2) is 0 Å². The predicted octanol–water partition coefficient (Wildman–Crippen LogP) is 5.25. The SMILES string of the molecule is CC(C)(C)OC(=O)N1CCCN(C(=O)OC(C)(C)C)CCN(C(=O)OC(C)(C)C)CCCN(C(=O)CNC(=O)OCc2ccccc2)CC1. The molecule has 0 bridgehead atoms. The van der Waals surface area contributed by atoms with Crippen molar-refractivity contribution in [1.82, 2.24) is 24.9 Å². The summed E-state index contributed by atoms with van der Waals surface area (Å²) in [6, 6.07) is 9.18. The number of amides is 5. The van der Waals surface area contributed by atoms with Crippen LogP contribution in [0.5, 0.6) is 0 Å². The zero-order valence-corrected chi connectivity index (χ0v) is 30.8. The number of ether oxygens (including phenoxy) is 4. The van der Waals surface area contributed by atoms with Crippen molar-refractivity contribution < 1.29 is 42.9 Å². The molecule has 0 spiro atoms. The number of nitrogens with zero attached hydrogens (tertiary/aromatic N) is 4. The largest absolute Gasteiger partial charge is 0.445 e. The summed E-state index contributed by atoms with van der Waals surface area (Å²) in [4.78, 5) is 71.5. The number of hydrogen-bond acceptors (Lipinski definition) is 9.